The van der Waals surface area contributed by atoms with Crippen molar-refractivity contribution in [2.24, 2.45) is 10.7 Å². The minimum absolute atomic E-state index is 0.0347. The van der Waals surface area contributed by atoms with Gasteiger partial charge in [0, 0.05) is 22.1 Å². The summed E-state index contributed by atoms with van der Waals surface area (Å²) < 4.78 is 13.2. The molecule has 0 saturated carbocycles. The summed E-state index contributed by atoms with van der Waals surface area (Å²) in [7, 11) is 0. The van der Waals surface area contributed by atoms with E-state index in [4.69, 9.17) is 5.73 Å². The summed E-state index contributed by atoms with van der Waals surface area (Å²) in [6, 6.07) is 3.97. The Hall–Kier alpha value is -0.620. The minimum atomic E-state index is -0.300. The van der Waals surface area contributed by atoms with Gasteiger partial charge >= 0.3 is 0 Å². The van der Waals surface area contributed by atoms with Crippen LogP contribution in [0.1, 0.15) is 41.0 Å². The van der Waals surface area contributed by atoms with Crippen LogP contribution in [0.4, 0.5) is 4.39 Å². The Morgan fingerprint density at radius 2 is 1.81 bits per heavy atom. The smallest absolute Gasteiger partial charge is 0.154 e. The molecule has 1 aliphatic rings. The highest BCUT2D eigenvalue weighted by Gasteiger charge is 2.19. The van der Waals surface area contributed by atoms with E-state index in [1.54, 1.807) is 12.4 Å². The fourth-order valence-electron chi connectivity index (χ4n) is 1.33. The number of hydrogen-bond acceptors (Lipinski definition) is 4. The van der Waals surface area contributed by atoms with E-state index in [2.05, 4.69) is 25.9 Å². The second-order valence-electron chi connectivity index (χ2n) is 3.61. The lowest BCUT2D eigenvalue weighted by Gasteiger charge is -2.20. The molecule has 0 bridgehead atoms. The maximum Gasteiger partial charge on any atom is 0.154 e. The monoisotopic (exact) mass is 379 g/mol. The molecule has 3 nitrogen and oxygen atoms in total. The lowest BCUT2D eigenvalue weighted by Crippen LogP contribution is -2.25. The fourth-order valence-corrected chi connectivity index (χ4v) is 2.58. The number of amidine groups is 1. The third-order valence-corrected chi connectivity index (χ3v) is 3.58. The first kappa shape index (κ1) is 22.7. The molecule has 0 saturated heterocycles. The first-order chi connectivity index (χ1) is 10.1. The van der Waals surface area contributed by atoms with Crippen LogP contribution in [0.25, 0.3) is 0 Å². The average molecular weight is 380 g/mol. The van der Waals surface area contributed by atoms with Gasteiger partial charge in [-0.15, -0.1) is 0 Å². The van der Waals surface area contributed by atoms with Gasteiger partial charge in [-0.05, 0) is 25.5 Å². The SMILES string of the molecule is Brc1ccncc1.CC.CC.C[C@H]1C[C@@H](CF)SC(N)=N1. The van der Waals surface area contributed by atoms with Gasteiger partial charge in [-0.2, -0.15) is 0 Å². The molecule has 0 aromatic carbocycles. The number of alkyl halides is 1. The Balaban J connectivity index is 0. The fraction of sp³-hybridized carbons (Fsp3) is 0.600. The van der Waals surface area contributed by atoms with E-state index < -0.39 is 0 Å². The van der Waals surface area contributed by atoms with E-state index in [1.165, 1.54) is 11.8 Å². The van der Waals surface area contributed by atoms with Gasteiger partial charge in [0.1, 0.15) is 6.67 Å². The summed E-state index contributed by atoms with van der Waals surface area (Å²) >= 11 is 4.61. The molecule has 2 rings (SSSR count). The zero-order chi connectivity index (χ0) is 16.7. The van der Waals surface area contributed by atoms with Gasteiger partial charge in [0.15, 0.2) is 5.17 Å². The van der Waals surface area contributed by atoms with Crippen LogP contribution in [0.15, 0.2) is 34.0 Å². The molecule has 0 unspecified atom stereocenters. The number of aliphatic imine (C=N–C) groups is 1. The van der Waals surface area contributed by atoms with Crippen molar-refractivity contribution in [2.45, 2.75) is 52.3 Å². The van der Waals surface area contributed by atoms with Crippen LogP contribution in [-0.2, 0) is 0 Å². The lowest BCUT2D eigenvalue weighted by molar-refractivity contribution is 0.456. The summed E-state index contributed by atoms with van der Waals surface area (Å²) in [6.07, 6.45) is 4.29. The van der Waals surface area contributed by atoms with Gasteiger partial charge in [0.25, 0.3) is 0 Å². The summed E-state index contributed by atoms with van der Waals surface area (Å²) in [5.41, 5.74) is 5.44. The number of thioether (sulfide) groups is 1. The van der Waals surface area contributed by atoms with Gasteiger partial charge in [-0.3, -0.25) is 9.98 Å². The van der Waals surface area contributed by atoms with E-state index in [0.717, 1.165) is 10.9 Å². The maximum atomic E-state index is 12.1. The predicted molar refractivity (Wildman–Crippen MR) is 97.7 cm³/mol. The minimum Gasteiger partial charge on any atom is -0.379 e. The zero-order valence-electron chi connectivity index (χ0n) is 13.5. The summed E-state index contributed by atoms with van der Waals surface area (Å²) in [6.45, 7) is 9.65. The highest BCUT2D eigenvalue weighted by Crippen LogP contribution is 2.23. The molecule has 21 heavy (non-hydrogen) atoms. The van der Waals surface area contributed by atoms with E-state index in [0.29, 0.717) is 5.17 Å². The third-order valence-electron chi connectivity index (χ3n) is 2.05. The van der Waals surface area contributed by atoms with Crippen LogP contribution in [0, 0.1) is 0 Å². The molecule has 1 aromatic rings. The molecule has 2 atom stereocenters. The van der Waals surface area contributed by atoms with E-state index in [-0.39, 0.29) is 18.0 Å². The molecule has 122 valence electrons. The molecule has 2 N–H and O–H groups in total. The van der Waals surface area contributed by atoms with Crippen molar-refractivity contribution in [2.75, 3.05) is 6.67 Å². The van der Waals surface area contributed by atoms with E-state index in [9.17, 15) is 4.39 Å². The number of pyridine rings is 1. The first-order valence-electron chi connectivity index (χ1n) is 7.23. The number of nitrogens with zero attached hydrogens (tertiary/aromatic N) is 2. The third kappa shape index (κ3) is 12.8. The molecule has 2 heterocycles. The number of hydrogen-bond donors (Lipinski definition) is 1. The van der Waals surface area contributed by atoms with Gasteiger partial charge in [0.05, 0.1) is 6.04 Å². The van der Waals surface area contributed by atoms with Crippen molar-refractivity contribution >= 4 is 32.9 Å². The second-order valence-corrected chi connectivity index (χ2v) is 5.85. The van der Waals surface area contributed by atoms with Crippen LogP contribution in [0.5, 0.6) is 0 Å². The van der Waals surface area contributed by atoms with Crippen LogP contribution in [0.3, 0.4) is 0 Å². The van der Waals surface area contributed by atoms with Crippen molar-refractivity contribution < 1.29 is 4.39 Å². The van der Waals surface area contributed by atoms with Crippen molar-refractivity contribution in [3.8, 4) is 0 Å². The van der Waals surface area contributed by atoms with Crippen LogP contribution in [0.2, 0.25) is 0 Å². The molecular formula is C15H27BrFN3S. The predicted octanol–water partition coefficient (Wildman–Crippen LogP) is 5.06. The largest absolute Gasteiger partial charge is 0.379 e. The quantitative estimate of drug-likeness (QED) is 0.741. The highest BCUT2D eigenvalue weighted by molar-refractivity contribution is 9.10. The van der Waals surface area contributed by atoms with Crippen LogP contribution >= 0.6 is 27.7 Å². The number of rotatable bonds is 1. The Morgan fingerprint density at radius 3 is 2.14 bits per heavy atom. The molecule has 0 fully saturated rings. The van der Waals surface area contributed by atoms with Gasteiger partial charge in [-0.25, -0.2) is 4.39 Å². The van der Waals surface area contributed by atoms with Crippen LogP contribution < -0.4 is 5.73 Å². The average Bonchev–Trinajstić information content (AvgIpc) is 2.52. The van der Waals surface area contributed by atoms with E-state index >= 15 is 0 Å². The lowest BCUT2D eigenvalue weighted by atomic mass is 10.2. The molecular weight excluding hydrogens is 353 g/mol. The molecule has 0 spiro atoms. The summed E-state index contributed by atoms with van der Waals surface area (Å²) in [5, 5.41) is 0.564. The van der Waals surface area contributed by atoms with Gasteiger partial charge in [-0.1, -0.05) is 55.4 Å². The number of nitrogens with two attached hydrogens (primary N) is 1. The number of halogens is 2. The summed E-state index contributed by atoms with van der Waals surface area (Å²) in [5.74, 6) is 0. The topological polar surface area (TPSA) is 51.3 Å². The molecule has 1 aliphatic heterocycles. The van der Waals surface area contributed by atoms with Crippen molar-refractivity contribution in [1.82, 2.24) is 4.98 Å². The Bertz CT molecular complexity index is 363. The van der Waals surface area contributed by atoms with Crippen molar-refractivity contribution in [3.05, 3.63) is 29.0 Å². The Kier molecular flexibility index (Phi) is 17.0. The molecule has 0 radical (unpaired) electrons. The number of aromatic nitrogens is 1. The zero-order valence-corrected chi connectivity index (χ0v) is 15.9. The molecule has 6 heteroatoms. The van der Waals surface area contributed by atoms with Gasteiger partial charge < -0.3 is 5.73 Å². The molecule has 0 aliphatic carbocycles. The Morgan fingerprint density at radius 1 is 1.29 bits per heavy atom. The molecule has 0 amide bonds. The summed E-state index contributed by atoms with van der Waals surface area (Å²) in [4.78, 5) is 7.89. The van der Waals surface area contributed by atoms with Crippen LogP contribution in [-0.4, -0.2) is 28.1 Å². The Labute approximate surface area is 141 Å². The van der Waals surface area contributed by atoms with Gasteiger partial charge in [0.2, 0.25) is 0 Å². The standard InChI is InChI=1S/C6H11FN2S.C5H4BrN.2C2H6/c1-4-2-5(3-7)10-6(8)9-4;6-5-1-3-7-4-2-5;2*1-2/h4-5H,2-3H2,1H3,(H2,8,9);1-4H;2*1-2H3/t4-,5-;;;/m0.../s1. The normalized spacial score (nSPS) is 19.5. The highest BCUT2D eigenvalue weighted by atomic mass is 79.9. The molecule has 1 aromatic heterocycles. The van der Waals surface area contributed by atoms with Crippen molar-refractivity contribution in [1.29, 1.82) is 0 Å². The van der Waals surface area contributed by atoms with E-state index in [1.807, 2.05) is 46.8 Å². The van der Waals surface area contributed by atoms with Crippen molar-refractivity contribution in [3.63, 3.8) is 0 Å². The maximum absolute atomic E-state index is 12.1. The second kappa shape index (κ2) is 15.8. The first-order valence-corrected chi connectivity index (χ1v) is 8.90.